The van der Waals surface area contributed by atoms with E-state index in [0.717, 1.165) is 41.0 Å². The fourth-order valence-electron chi connectivity index (χ4n) is 6.24. The van der Waals surface area contributed by atoms with Crippen LogP contribution in [0.3, 0.4) is 0 Å². The van der Waals surface area contributed by atoms with E-state index in [1.54, 1.807) is 21.3 Å². The molecular formula is C38H48N2O8. The van der Waals surface area contributed by atoms with Crippen molar-refractivity contribution in [2.24, 2.45) is 0 Å². The van der Waals surface area contributed by atoms with Crippen molar-refractivity contribution >= 4 is 17.8 Å². The first kappa shape index (κ1) is 36.4. The van der Waals surface area contributed by atoms with Crippen LogP contribution in [-0.2, 0) is 29.5 Å². The van der Waals surface area contributed by atoms with Gasteiger partial charge in [-0.05, 0) is 66.6 Å². The highest BCUT2D eigenvalue weighted by Crippen LogP contribution is 2.42. The first-order chi connectivity index (χ1) is 23.3. The van der Waals surface area contributed by atoms with Crippen LogP contribution in [0.15, 0.2) is 78.9 Å². The van der Waals surface area contributed by atoms with E-state index in [0.29, 0.717) is 38.8 Å². The van der Waals surface area contributed by atoms with Crippen LogP contribution in [0.2, 0.25) is 0 Å². The number of benzene rings is 3. The van der Waals surface area contributed by atoms with Crippen LogP contribution in [0, 0.1) is 0 Å². The van der Waals surface area contributed by atoms with Gasteiger partial charge < -0.3 is 34.3 Å². The Balaban J connectivity index is 1.48. The molecule has 48 heavy (non-hydrogen) atoms. The number of nitrogens with one attached hydrogen (secondary N) is 1. The van der Waals surface area contributed by atoms with Crippen molar-refractivity contribution in [3.05, 3.63) is 95.6 Å². The summed E-state index contributed by atoms with van der Waals surface area (Å²) in [6.45, 7) is 1.29. The van der Waals surface area contributed by atoms with Gasteiger partial charge in [0.1, 0.15) is 17.1 Å². The van der Waals surface area contributed by atoms with E-state index < -0.39 is 11.6 Å². The predicted octanol–water partition coefficient (Wildman–Crippen LogP) is 5.56. The Morgan fingerprint density at radius 1 is 0.771 bits per heavy atom. The van der Waals surface area contributed by atoms with Crippen molar-refractivity contribution in [1.29, 1.82) is 0 Å². The number of hydrogen-bond donors (Lipinski definition) is 2. The Hall–Kier alpha value is -4.41. The van der Waals surface area contributed by atoms with Crippen molar-refractivity contribution in [3.8, 4) is 11.5 Å². The van der Waals surface area contributed by atoms with E-state index in [2.05, 4.69) is 17.4 Å². The first-order valence-corrected chi connectivity index (χ1v) is 16.6. The lowest BCUT2D eigenvalue weighted by Crippen LogP contribution is -2.42. The zero-order valence-electron chi connectivity index (χ0n) is 28.2. The second-order valence-electron chi connectivity index (χ2n) is 12.0. The summed E-state index contributed by atoms with van der Waals surface area (Å²) >= 11 is 0. The maximum Gasteiger partial charge on any atom is 0.303 e. The van der Waals surface area contributed by atoms with Gasteiger partial charge in [0.2, 0.25) is 11.8 Å². The summed E-state index contributed by atoms with van der Waals surface area (Å²) in [5.41, 5.74) is 1.81. The zero-order chi connectivity index (χ0) is 34.4. The van der Waals surface area contributed by atoms with E-state index >= 15 is 0 Å². The van der Waals surface area contributed by atoms with E-state index in [1.165, 1.54) is 0 Å². The number of likely N-dealkylation sites (tertiary alicyclic amines) is 1. The molecule has 1 aliphatic rings. The van der Waals surface area contributed by atoms with Crippen molar-refractivity contribution in [3.63, 3.8) is 0 Å². The molecule has 1 saturated heterocycles. The Labute approximate surface area is 283 Å². The highest BCUT2D eigenvalue weighted by atomic mass is 16.5. The van der Waals surface area contributed by atoms with Crippen LogP contribution >= 0.6 is 0 Å². The molecule has 1 aliphatic heterocycles. The molecule has 10 heteroatoms. The standard InChI is InChI=1S/C38H48N2O8/c1-45-32-20-16-29(17-21-32)38(28-11-6-4-7-12-28,30-18-22-33(46-2)23-19-30)48-27-31-25-34(47-3)26-40(31)36(42)14-8-5-9-24-39-35(41)13-10-15-37(43)44/h4,6-7,11-12,16-23,31,34H,5,8-10,13-15,24-27H2,1-3H3,(H,39,41)(H,43,44)/t31-,34+/m0/s1. The lowest BCUT2D eigenvalue weighted by atomic mass is 9.80. The molecule has 0 bridgehead atoms. The average molecular weight is 661 g/mol. The minimum absolute atomic E-state index is 0.0157. The van der Waals surface area contributed by atoms with Crippen LogP contribution in [0.4, 0.5) is 0 Å². The quantitative estimate of drug-likeness (QED) is 0.127. The van der Waals surface area contributed by atoms with Crippen molar-refractivity contribution in [2.45, 2.75) is 69.1 Å². The summed E-state index contributed by atoms with van der Waals surface area (Å²) in [7, 11) is 4.96. The molecule has 258 valence electrons. The van der Waals surface area contributed by atoms with Gasteiger partial charge in [-0.3, -0.25) is 14.4 Å². The lowest BCUT2D eigenvalue weighted by Gasteiger charge is -2.38. The zero-order valence-corrected chi connectivity index (χ0v) is 28.2. The number of carboxylic acid groups (broad SMARTS) is 1. The van der Waals surface area contributed by atoms with Crippen LogP contribution in [0.1, 0.15) is 68.1 Å². The van der Waals surface area contributed by atoms with Gasteiger partial charge in [-0.25, -0.2) is 0 Å². The summed E-state index contributed by atoms with van der Waals surface area (Å²) in [5, 5.41) is 11.6. The molecule has 0 aromatic heterocycles. The van der Waals surface area contributed by atoms with Crippen LogP contribution in [0.25, 0.3) is 0 Å². The van der Waals surface area contributed by atoms with Crippen molar-refractivity contribution in [1.82, 2.24) is 10.2 Å². The number of amides is 2. The molecule has 10 nitrogen and oxygen atoms in total. The molecule has 0 aliphatic carbocycles. The highest BCUT2D eigenvalue weighted by Gasteiger charge is 2.41. The SMILES string of the molecule is COc1ccc(C(OC[C@@H]2C[C@@H](OC)CN2C(=O)CCCCCNC(=O)CCCC(=O)O)(c2ccccc2)c2ccc(OC)cc2)cc1. The van der Waals surface area contributed by atoms with Crippen LogP contribution < -0.4 is 14.8 Å². The number of carbonyl (C=O) groups is 3. The van der Waals surface area contributed by atoms with Crippen molar-refractivity contribution in [2.75, 3.05) is 41.0 Å². The van der Waals surface area contributed by atoms with Gasteiger partial charge in [0.25, 0.3) is 0 Å². The molecule has 3 aromatic rings. The maximum absolute atomic E-state index is 13.6. The molecule has 2 N–H and O–H groups in total. The molecule has 1 fully saturated rings. The van der Waals surface area contributed by atoms with Gasteiger partial charge >= 0.3 is 5.97 Å². The Morgan fingerprint density at radius 3 is 1.94 bits per heavy atom. The van der Waals surface area contributed by atoms with Crippen LogP contribution in [0.5, 0.6) is 11.5 Å². The Kier molecular flexibility index (Phi) is 13.8. The number of methoxy groups -OCH3 is 3. The second-order valence-corrected chi connectivity index (χ2v) is 12.0. The Bertz CT molecular complexity index is 1400. The number of ether oxygens (including phenoxy) is 4. The summed E-state index contributed by atoms with van der Waals surface area (Å²) in [6, 6.07) is 25.7. The maximum atomic E-state index is 13.6. The molecule has 0 radical (unpaired) electrons. The van der Waals surface area contributed by atoms with E-state index in [-0.39, 0.29) is 43.4 Å². The minimum Gasteiger partial charge on any atom is -0.497 e. The van der Waals surface area contributed by atoms with Gasteiger partial charge in [-0.15, -0.1) is 0 Å². The number of nitrogens with zero attached hydrogens (tertiary/aromatic N) is 1. The number of unbranched alkanes of at least 4 members (excludes halogenated alkanes) is 2. The number of carbonyl (C=O) groups excluding carboxylic acids is 2. The normalized spacial score (nSPS) is 16.0. The smallest absolute Gasteiger partial charge is 0.303 e. The second kappa shape index (κ2) is 18.2. The molecule has 0 spiro atoms. The number of rotatable bonds is 19. The molecule has 1 heterocycles. The molecule has 2 atom stereocenters. The molecule has 0 unspecified atom stereocenters. The van der Waals surface area contributed by atoms with E-state index in [1.807, 2.05) is 71.6 Å². The largest absolute Gasteiger partial charge is 0.497 e. The summed E-state index contributed by atoms with van der Waals surface area (Å²) < 4.78 is 23.8. The topological polar surface area (TPSA) is 124 Å². The first-order valence-electron chi connectivity index (χ1n) is 16.6. The van der Waals surface area contributed by atoms with E-state index in [4.69, 9.17) is 24.1 Å². The molecule has 3 aromatic carbocycles. The molecule has 4 rings (SSSR count). The fourth-order valence-corrected chi connectivity index (χ4v) is 6.24. The minimum atomic E-state index is -0.988. The lowest BCUT2D eigenvalue weighted by molar-refractivity contribution is -0.137. The van der Waals surface area contributed by atoms with Gasteiger partial charge in [0, 0.05) is 39.5 Å². The van der Waals surface area contributed by atoms with Crippen LogP contribution in [-0.4, -0.2) is 81.0 Å². The molecular weight excluding hydrogens is 612 g/mol. The van der Waals surface area contributed by atoms with Gasteiger partial charge in [-0.1, -0.05) is 61.0 Å². The summed E-state index contributed by atoms with van der Waals surface area (Å²) in [4.78, 5) is 38.0. The number of aliphatic carboxylic acids is 1. The monoisotopic (exact) mass is 660 g/mol. The fraction of sp³-hybridized carbons (Fsp3) is 0.447. The Morgan fingerprint density at radius 2 is 1.38 bits per heavy atom. The third kappa shape index (κ3) is 9.58. The van der Waals surface area contributed by atoms with E-state index in [9.17, 15) is 14.4 Å². The third-order valence-corrected chi connectivity index (χ3v) is 8.88. The van der Waals surface area contributed by atoms with Crippen molar-refractivity contribution < 1.29 is 38.4 Å². The van der Waals surface area contributed by atoms with Gasteiger partial charge in [0.15, 0.2) is 0 Å². The third-order valence-electron chi connectivity index (χ3n) is 8.88. The summed E-state index contributed by atoms with van der Waals surface area (Å²) in [5.74, 6) is 0.489. The van der Waals surface area contributed by atoms with Gasteiger partial charge in [0.05, 0.1) is 33.0 Å². The molecule has 2 amide bonds. The number of carboxylic acids is 1. The number of hydrogen-bond acceptors (Lipinski definition) is 7. The average Bonchev–Trinajstić information content (AvgIpc) is 3.54. The van der Waals surface area contributed by atoms with Gasteiger partial charge in [-0.2, -0.15) is 0 Å². The molecule has 0 saturated carbocycles. The highest BCUT2D eigenvalue weighted by molar-refractivity contribution is 5.77. The summed E-state index contributed by atoms with van der Waals surface area (Å²) in [6.07, 6.45) is 3.70. The predicted molar refractivity (Wildman–Crippen MR) is 182 cm³/mol.